The van der Waals surface area contributed by atoms with E-state index in [9.17, 15) is 4.79 Å². The summed E-state index contributed by atoms with van der Waals surface area (Å²) >= 11 is 0. The van der Waals surface area contributed by atoms with Crippen LogP contribution in [-0.4, -0.2) is 28.8 Å². The number of nitrogens with two attached hydrogens (primary N) is 1. The van der Waals surface area contributed by atoms with E-state index in [-0.39, 0.29) is 11.5 Å². The minimum Gasteiger partial charge on any atom is -0.493 e. The van der Waals surface area contributed by atoms with Crippen LogP contribution >= 0.6 is 0 Å². The first kappa shape index (κ1) is 16.8. The van der Waals surface area contributed by atoms with Crippen LogP contribution in [0.2, 0.25) is 0 Å². The number of fused-ring (bicyclic) bond motifs is 2. The molecule has 0 amide bonds. The predicted molar refractivity (Wildman–Crippen MR) is 104 cm³/mol. The molecule has 0 atom stereocenters. The Morgan fingerprint density at radius 2 is 1.78 bits per heavy atom. The molecular weight excluding hydrogens is 346 g/mol. The lowest BCUT2D eigenvalue weighted by Crippen LogP contribution is -2.26. The van der Waals surface area contributed by atoms with E-state index in [4.69, 9.17) is 15.3 Å². The van der Waals surface area contributed by atoms with E-state index in [0.29, 0.717) is 28.1 Å². The van der Waals surface area contributed by atoms with Crippen LogP contribution in [-0.2, 0) is 0 Å². The van der Waals surface area contributed by atoms with Gasteiger partial charge in [-0.1, -0.05) is 18.2 Å². The van der Waals surface area contributed by atoms with Gasteiger partial charge in [0.1, 0.15) is 0 Å². The van der Waals surface area contributed by atoms with Crippen LogP contribution in [0.1, 0.15) is 0 Å². The second kappa shape index (κ2) is 6.58. The van der Waals surface area contributed by atoms with Crippen molar-refractivity contribution >= 4 is 27.8 Å². The molecule has 8 nitrogen and oxygen atoms in total. The number of para-hydroxylation sites is 1. The van der Waals surface area contributed by atoms with Gasteiger partial charge in [-0.25, -0.2) is 15.4 Å². The van der Waals surface area contributed by atoms with Crippen LogP contribution in [0.5, 0.6) is 11.5 Å². The second-order valence-corrected chi connectivity index (χ2v) is 5.83. The summed E-state index contributed by atoms with van der Waals surface area (Å²) in [7, 11) is 3.03. The van der Waals surface area contributed by atoms with Crippen molar-refractivity contribution in [3.63, 3.8) is 0 Å². The fourth-order valence-corrected chi connectivity index (χ4v) is 3.03. The largest absolute Gasteiger partial charge is 0.493 e. The maximum atomic E-state index is 13.2. The first-order valence-corrected chi connectivity index (χ1v) is 8.17. The van der Waals surface area contributed by atoms with Crippen LogP contribution in [0.3, 0.4) is 0 Å². The molecule has 0 aliphatic heterocycles. The highest BCUT2D eigenvalue weighted by Crippen LogP contribution is 2.31. The van der Waals surface area contributed by atoms with E-state index in [1.807, 2.05) is 30.3 Å². The lowest BCUT2D eigenvalue weighted by molar-refractivity contribution is 0.355. The fraction of sp³-hybridized carbons (Fsp3) is 0.105. The Hall–Kier alpha value is -3.65. The molecule has 4 aromatic rings. The van der Waals surface area contributed by atoms with Gasteiger partial charge in [0.05, 0.1) is 42.5 Å². The normalized spacial score (nSPS) is 10.9. The highest BCUT2D eigenvalue weighted by molar-refractivity contribution is 5.84. The molecule has 2 aromatic carbocycles. The number of ether oxygens (including phenoxy) is 2. The average molecular weight is 363 g/mol. The van der Waals surface area contributed by atoms with Crippen molar-refractivity contribution in [3.05, 3.63) is 59.0 Å². The molecule has 2 aromatic heterocycles. The summed E-state index contributed by atoms with van der Waals surface area (Å²) in [5, 5.41) is 1.28. The Morgan fingerprint density at radius 3 is 2.52 bits per heavy atom. The number of pyridine rings is 1. The first-order chi connectivity index (χ1) is 13.2. The zero-order valence-electron chi connectivity index (χ0n) is 14.8. The van der Waals surface area contributed by atoms with Gasteiger partial charge in [-0.15, -0.1) is 0 Å². The molecule has 0 saturated heterocycles. The number of methoxy groups -OCH3 is 2. The molecule has 0 saturated carbocycles. The Kier molecular flexibility index (Phi) is 4.09. The maximum Gasteiger partial charge on any atom is 0.267 e. The van der Waals surface area contributed by atoms with Gasteiger partial charge in [-0.2, -0.15) is 0 Å². The quantitative estimate of drug-likeness (QED) is 0.423. The van der Waals surface area contributed by atoms with Crippen molar-refractivity contribution in [3.8, 4) is 17.2 Å². The van der Waals surface area contributed by atoms with Gasteiger partial charge in [-0.3, -0.25) is 15.2 Å². The minimum atomic E-state index is -0.300. The number of rotatable bonds is 4. The van der Waals surface area contributed by atoms with Crippen LogP contribution in [0.25, 0.3) is 27.5 Å². The summed E-state index contributed by atoms with van der Waals surface area (Å²) in [6.07, 6.45) is 1.61. The lowest BCUT2D eigenvalue weighted by Gasteiger charge is -2.14. The van der Waals surface area contributed by atoms with Crippen LogP contribution in [0.15, 0.2) is 53.5 Å². The Bertz CT molecular complexity index is 1220. The van der Waals surface area contributed by atoms with Gasteiger partial charge in [0, 0.05) is 11.5 Å². The lowest BCUT2D eigenvalue weighted by atomic mass is 10.2. The van der Waals surface area contributed by atoms with E-state index >= 15 is 0 Å². The van der Waals surface area contributed by atoms with Crippen molar-refractivity contribution in [2.75, 3.05) is 19.6 Å². The molecule has 2 heterocycles. The fourth-order valence-electron chi connectivity index (χ4n) is 3.03. The third kappa shape index (κ3) is 2.72. The van der Waals surface area contributed by atoms with Gasteiger partial charge in [-0.05, 0) is 18.2 Å². The topological polar surface area (TPSA) is 104 Å². The Morgan fingerprint density at radius 1 is 1.04 bits per heavy atom. The monoisotopic (exact) mass is 363 g/mol. The molecule has 0 fully saturated rings. The molecule has 136 valence electrons. The number of hydrogen-bond acceptors (Lipinski definition) is 7. The number of benzene rings is 2. The highest BCUT2D eigenvalue weighted by atomic mass is 16.5. The zero-order valence-corrected chi connectivity index (χ0v) is 14.8. The number of hydrogen-bond donors (Lipinski definition) is 2. The standard InChI is InChI=1S/C19H17N5O3/c1-26-16-8-13-15(9-17(16)27-2)22-19(23-20)24(18(13)25)12-7-11-5-3-4-6-14(11)21-10-12/h3-10H,20H2,1-2H3,(H,22,23). The molecule has 0 aliphatic rings. The van der Waals surface area contributed by atoms with Gasteiger partial charge in [0.15, 0.2) is 11.5 Å². The number of hydrazine groups is 1. The molecule has 4 rings (SSSR count). The van der Waals surface area contributed by atoms with Crippen molar-refractivity contribution in [2.24, 2.45) is 5.84 Å². The highest BCUT2D eigenvalue weighted by Gasteiger charge is 2.16. The van der Waals surface area contributed by atoms with Crippen LogP contribution in [0, 0.1) is 0 Å². The minimum absolute atomic E-state index is 0.191. The Labute approximate surface area is 154 Å². The smallest absolute Gasteiger partial charge is 0.267 e. The maximum absolute atomic E-state index is 13.2. The molecule has 8 heteroatoms. The number of nitrogen functional groups attached to an aromatic ring is 1. The number of anilines is 1. The SMILES string of the molecule is COc1cc2nc(NN)n(-c3cnc4ccccc4c3)c(=O)c2cc1OC. The van der Waals surface area contributed by atoms with Crippen LogP contribution < -0.4 is 26.3 Å². The number of aromatic nitrogens is 3. The van der Waals surface area contributed by atoms with E-state index in [1.165, 1.54) is 18.8 Å². The summed E-state index contributed by atoms with van der Waals surface area (Å²) in [6.45, 7) is 0. The molecule has 0 spiro atoms. The first-order valence-electron chi connectivity index (χ1n) is 8.17. The molecule has 0 bridgehead atoms. The van der Waals surface area contributed by atoms with Crippen molar-refractivity contribution in [2.45, 2.75) is 0 Å². The molecule has 0 unspecified atom stereocenters. The summed E-state index contributed by atoms with van der Waals surface area (Å²) in [6, 6.07) is 12.8. The summed E-state index contributed by atoms with van der Waals surface area (Å²) in [5.74, 6) is 6.75. The molecule has 0 aliphatic carbocycles. The summed E-state index contributed by atoms with van der Waals surface area (Å²) in [5.41, 5.74) is 4.02. The van der Waals surface area contributed by atoms with Gasteiger partial charge < -0.3 is 9.47 Å². The van der Waals surface area contributed by atoms with E-state index in [0.717, 1.165) is 10.9 Å². The molecule has 0 radical (unpaired) electrons. The van der Waals surface area contributed by atoms with Gasteiger partial charge in [0.2, 0.25) is 5.95 Å². The van der Waals surface area contributed by atoms with Crippen molar-refractivity contribution in [1.29, 1.82) is 0 Å². The van der Waals surface area contributed by atoms with E-state index in [2.05, 4.69) is 15.4 Å². The predicted octanol–water partition coefficient (Wildman–Crippen LogP) is 2.24. The molecule has 3 N–H and O–H groups in total. The van der Waals surface area contributed by atoms with Gasteiger partial charge in [0.25, 0.3) is 5.56 Å². The summed E-state index contributed by atoms with van der Waals surface area (Å²) < 4.78 is 12.0. The third-order valence-corrected chi connectivity index (χ3v) is 4.34. The second-order valence-electron chi connectivity index (χ2n) is 5.83. The van der Waals surface area contributed by atoms with Crippen LogP contribution in [0.4, 0.5) is 5.95 Å². The third-order valence-electron chi connectivity index (χ3n) is 4.34. The number of nitrogens with one attached hydrogen (secondary N) is 1. The zero-order chi connectivity index (χ0) is 19.0. The van der Waals surface area contributed by atoms with E-state index < -0.39 is 0 Å². The average Bonchev–Trinajstić information content (AvgIpc) is 2.72. The molecule has 27 heavy (non-hydrogen) atoms. The van der Waals surface area contributed by atoms with Crippen molar-refractivity contribution in [1.82, 2.24) is 14.5 Å². The van der Waals surface area contributed by atoms with Gasteiger partial charge >= 0.3 is 0 Å². The summed E-state index contributed by atoms with van der Waals surface area (Å²) in [4.78, 5) is 22.1. The van der Waals surface area contributed by atoms with E-state index in [1.54, 1.807) is 18.3 Å². The number of nitrogens with zero attached hydrogens (tertiary/aromatic N) is 3. The molecular formula is C19H17N5O3. The van der Waals surface area contributed by atoms with Crippen molar-refractivity contribution < 1.29 is 9.47 Å². The Balaban J connectivity index is 2.03.